The van der Waals surface area contributed by atoms with Crippen LogP contribution in [-0.4, -0.2) is 34.2 Å². The highest BCUT2D eigenvalue weighted by atomic mass is 16.5. The Morgan fingerprint density at radius 3 is 2.56 bits per heavy atom. The van der Waals surface area contributed by atoms with Crippen molar-refractivity contribution >= 4 is 6.03 Å². The topological polar surface area (TPSA) is 92.9 Å². The Labute approximate surface area is 145 Å². The maximum absolute atomic E-state index is 11.8. The minimum atomic E-state index is -0.202. The quantitative estimate of drug-likeness (QED) is 0.689. The molecule has 128 valence electrons. The van der Waals surface area contributed by atoms with Crippen molar-refractivity contribution in [2.24, 2.45) is 0 Å². The standard InChI is InChI=1S/C18H19N5O2/c24-18(20-11-8-14-5-2-1-3-6-14)21-12-9-16-22-17(25-23-16)15-7-4-10-19-13-15/h1-7,10,13H,8-9,11-12H2,(H2,20,21,24). The molecule has 2 N–H and O–H groups in total. The number of carbonyl (C=O) groups is 1. The summed E-state index contributed by atoms with van der Waals surface area (Å²) in [5.74, 6) is 0.971. The van der Waals surface area contributed by atoms with Crippen LogP contribution < -0.4 is 10.6 Å². The average molecular weight is 337 g/mol. The molecular weight excluding hydrogens is 318 g/mol. The largest absolute Gasteiger partial charge is 0.338 e. The lowest BCUT2D eigenvalue weighted by Gasteiger charge is -2.06. The van der Waals surface area contributed by atoms with E-state index >= 15 is 0 Å². The minimum Gasteiger partial charge on any atom is -0.338 e. The van der Waals surface area contributed by atoms with Gasteiger partial charge in [-0.25, -0.2) is 4.79 Å². The molecule has 7 heteroatoms. The monoisotopic (exact) mass is 337 g/mol. The maximum Gasteiger partial charge on any atom is 0.314 e. The lowest BCUT2D eigenvalue weighted by atomic mass is 10.1. The van der Waals surface area contributed by atoms with Crippen LogP contribution in [0.4, 0.5) is 4.79 Å². The summed E-state index contributed by atoms with van der Waals surface area (Å²) in [5, 5.41) is 9.51. The van der Waals surface area contributed by atoms with Crippen LogP contribution in [0.5, 0.6) is 0 Å². The molecule has 0 atom stereocenters. The van der Waals surface area contributed by atoms with E-state index in [9.17, 15) is 4.79 Å². The maximum atomic E-state index is 11.8. The third-order valence-electron chi connectivity index (χ3n) is 3.55. The van der Waals surface area contributed by atoms with Crippen molar-refractivity contribution in [1.29, 1.82) is 0 Å². The normalized spacial score (nSPS) is 10.4. The first-order chi connectivity index (χ1) is 12.3. The van der Waals surface area contributed by atoms with Crippen molar-refractivity contribution in [3.8, 4) is 11.5 Å². The first-order valence-corrected chi connectivity index (χ1v) is 8.10. The van der Waals surface area contributed by atoms with Gasteiger partial charge < -0.3 is 15.2 Å². The smallest absolute Gasteiger partial charge is 0.314 e. The molecule has 0 saturated heterocycles. The number of aromatic nitrogens is 3. The van der Waals surface area contributed by atoms with E-state index in [0.29, 0.717) is 31.2 Å². The summed E-state index contributed by atoms with van der Waals surface area (Å²) >= 11 is 0. The fraction of sp³-hybridized carbons (Fsp3) is 0.222. The third-order valence-corrected chi connectivity index (χ3v) is 3.55. The van der Waals surface area contributed by atoms with Gasteiger partial charge in [-0.15, -0.1) is 0 Å². The van der Waals surface area contributed by atoms with E-state index in [2.05, 4.69) is 25.8 Å². The zero-order valence-corrected chi connectivity index (χ0v) is 13.7. The van der Waals surface area contributed by atoms with Gasteiger partial charge in [-0.1, -0.05) is 35.5 Å². The molecule has 0 aliphatic rings. The molecule has 0 bridgehead atoms. The number of hydrogen-bond donors (Lipinski definition) is 2. The Hall–Kier alpha value is -3.22. The zero-order chi connectivity index (χ0) is 17.3. The van der Waals surface area contributed by atoms with Crippen LogP contribution in [0.25, 0.3) is 11.5 Å². The lowest BCUT2D eigenvalue weighted by Crippen LogP contribution is -2.37. The van der Waals surface area contributed by atoms with E-state index in [1.807, 2.05) is 36.4 Å². The Morgan fingerprint density at radius 2 is 1.80 bits per heavy atom. The summed E-state index contributed by atoms with van der Waals surface area (Å²) in [6, 6.07) is 13.5. The molecule has 0 fully saturated rings. The summed E-state index contributed by atoms with van der Waals surface area (Å²) < 4.78 is 5.19. The number of pyridine rings is 1. The van der Waals surface area contributed by atoms with Crippen LogP contribution in [0, 0.1) is 0 Å². The van der Waals surface area contributed by atoms with Gasteiger partial charge in [0.2, 0.25) is 0 Å². The van der Waals surface area contributed by atoms with E-state index in [0.717, 1.165) is 12.0 Å². The Balaban J connectivity index is 1.36. The number of rotatable bonds is 7. The number of nitrogens with one attached hydrogen (secondary N) is 2. The summed E-state index contributed by atoms with van der Waals surface area (Å²) in [4.78, 5) is 20.1. The number of nitrogens with zero attached hydrogens (tertiary/aromatic N) is 3. The van der Waals surface area contributed by atoms with E-state index < -0.39 is 0 Å². The molecular formula is C18H19N5O2. The molecule has 7 nitrogen and oxygen atoms in total. The Morgan fingerprint density at radius 1 is 1.00 bits per heavy atom. The summed E-state index contributed by atoms with van der Waals surface area (Å²) in [6.07, 6.45) is 4.64. The second kappa shape index (κ2) is 8.58. The van der Waals surface area contributed by atoms with Crippen molar-refractivity contribution in [3.05, 3.63) is 66.2 Å². The van der Waals surface area contributed by atoms with Crippen LogP contribution >= 0.6 is 0 Å². The van der Waals surface area contributed by atoms with Crippen molar-refractivity contribution in [2.45, 2.75) is 12.8 Å². The van der Waals surface area contributed by atoms with Gasteiger partial charge in [0.05, 0.1) is 5.56 Å². The first-order valence-electron chi connectivity index (χ1n) is 8.10. The average Bonchev–Trinajstić information content (AvgIpc) is 3.12. The second-order valence-corrected chi connectivity index (χ2v) is 5.43. The van der Waals surface area contributed by atoms with E-state index in [1.165, 1.54) is 5.56 Å². The molecule has 0 saturated carbocycles. The fourth-order valence-electron chi connectivity index (χ4n) is 2.28. The number of urea groups is 1. The van der Waals surface area contributed by atoms with Gasteiger partial charge in [0.1, 0.15) is 0 Å². The van der Waals surface area contributed by atoms with E-state index in [4.69, 9.17) is 4.52 Å². The molecule has 0 unspecified atom stereocenters. The minimum absolute atomic E-state index is 0.202. The van der Waals surface area contributed by atoms with Gasteiger partial charge in [0, 0.05) is 31.9 Å². The van der Waals surface area contributed by atoms with Gasteiger partial charge in [-0.2, -0.15) is 4.98 Å². The highest BCUT2D eigenvalue weighted by Gasteiger charge is 2.09. The van der Waals surface area contributed by atoms with Crippen LogP contribution in [0.1, 0.15) is 11.4 Å². The molecule has 3 aromatic rings. The number of carbonyl (C=O) groups excluding carboxylic acids is 1. The highest BCUT2D eigenvalue weighted by molar-refractivity contribution is 5.73. The predicted molar refractivity (Wildman–Crippen MR) is 92.8 cm³/mol. The zero-order valence-electron chi connectivity index (χ0n) is 13.7. The van der Waals surface area contributed by atoms with Gasteiger partial charge in [0.25, 0.3) is 5.89 Å². The Kier molecular flexibility index (Phi) is 5.71. The van der Waals surface area contributed by atoms with Crippen molar-refractivity contribution in [3.63, 3.8) is 0 Å². The van der Waals surface area contributed by atoms with Gasteiger partial charge in [-0.05, 0) is 24.1 Å². The predicted octanol–water partition coefficient (Wildman–Crippen LogP) is 2.22. The number of benzene rings is 1. The van der Waals surface area contributed by atoms with Crippen molar-refractivity contribution in [2.75, 3.05) is 13.1 Å². The van der Waals surface area contributed by atoms with E-state index in [-0.39, 0.29) is 6.03 Å². The first kappa shape index (κ1) is 16.6. The third kappa shape index (κ3) is 5.13. The van der Waals surface area contributed by atoms with Gasteiger partial charge in [-0.3, -0.25) is 4.98 Å². The molecule has 0 aliphatic heterocycles. The van der Waals surface area contributed by atoms with Crippen LogP contribution in [0.2, 0.25) is 0 Å². The van der Waals surface area contributed by atoms with Crippen molar-refractivity contribution < 1.29 is 9.32 Å². The molecule has 2 aromatic heterocycles. The summed E-state index contributed by atoms with van der Waals surface area (Å²) in [6.45, 7) is 1.02. The van der Waals surface area contributed by atoms with Gasteiger partial charge >= 0.3 is 6.03 Å². The molecule has 1 aromatic carbocycles. The lowest BCUT2D eigenvalue weighted by molar-refractivity contribution is 0.241. The fourth-order valence-corrected chi connectivity index (χ4v) is 2.28. The molecule has 0 radical (unpaired) electrons. The summed E-state index contributed by atoms with van der Waals surface area (Å²) in [5.41, 5.74) is 1.96. The SMILES string of the molecule is O=C(NCCc1ccccc1)NCCc1noc(-c2cccnc2)n1. The van der Waals surface area contributed by atoms with Crippen LogP contribution in [0.15, 0.2) is 59.4 Å². The van der Waals surface area contributed by atoms with Gasteiger partial charge in [0.15, 0.2) is 5.82 Å². The molecule has 2 amide bonds. The molecule has 0 aliphatic carbocycles. The van der Waals surface area contributed by atoms with Crippen LogP contribution in [0.3, 0.4) is 0 Å². The molecule has 25 heavy (non-hydrogen) atoms. The number of amides is 2. The second-order valence-electron chi connectivity index (χ2n) is 5.43. The number of hydrogen-bond acceptors (Lipinski definition) is 5. The molecule has 2 heterocycles. The van der Waals surface area contributed by atoms with E-state index in [1.54, 1.807) is 18.5 Å². The molecule has 0 spiro atoms. The van der Waals surface area contributed by atoms with Crippen molar-refractivity contribution in [1.82, 2.24) is 25.8 Å². The highest BCUT2D eigenvalue weighted by Crippen LogP contribution is 2.14. The summed E-state index contributed by atoms with van der Waals surface area (Å²) in [7, 11) is 0. The van der Waals surface area contributed by atoms with Crippen LogP contribution in [-0.2, 0) is 12.8 Å². The Bertz CT molecular complexity index is 789. The molecule has 3 rings (SSSR count).